The van der Waals surface area contributed by atoms with Crippen LogP contribution in [0.5, 0.6) is 0 Å². The first-order valence-corrected chi connectivity index (χ1v) is 7.74. The van der Waals surface area contributed by atoms with Crippen molar-refractivity contribution in [3.63, 3.8) is 0 Å². The molecule has 0 N–H and O–H groups in total. The third-order valence-electron chi connectivity index (χ3n) is 4.46. The van der Waals surface area contributed by atoms with Gasteiger partial charge in [0.25, 0.3) is 0 Å². The summed E-state index contributed by atoms with van der Waals surface area (Å²) < 4.78 is 29.8. The fraction of sp³-hybridized carbons (Fsp3) is 0.500. The van der Waals surface area contributed by atoms with Crippen molar-refractivity contribution >= 4 is 0 Å². The van der Waals surface area contributed by atoms with Crippen LogP contribution in [0.2, 0.25) is 0 Å². The highest BCUT2D eigenvalue weighted by Gasteiger charge is 2.24. The van der Waals surface area contributed by atoms with E-state index in [1.54, 1.807) is 11.6 Å². The molecular formula is C16H20F2N4O. The van der Waals surface area contributed by atoms with E-state index in [0.717, 1.165) is 37.8 Å². The summed E-state index contributed by atoms with van der Waals surface area (Å²) in [7, 11) is 1.65. The Hall–Kier alpha value is -2.02. The van der Waals surface area contributed by atoms with Gasteiger partial charge in [-0.2, -0.15) is 5.10 Å². The lowest BCUT2D eigenvalue weighted by atomic mass is 10.0. The SMILES string of the molecule is Cc1nn(C)c(=O)n1C1CCN(Cc2ccc(F)cc2F)CC1. The van der Waals surface area contributed by atoms with E-state index in [1.807, 2.05) is 6.92 Å². The number of halogens is 2. The molecule has 0 spiro atoms. The number of likely N-dealkylation sites (tertiary alicyclic amines) is 1. The van der Waals surface area contributed by atoms with Crippen molar-refractivity contribution in [2.75, 3.05) is 13.1 Å². The van der Waals surface area contributed by atoms with Crippen molar-refractivity contribution in [2.45, 2.75) is 32.4 Å². The fourth-order valence-electron chi connectivity index (χ4n) is 3.25. The van der Waals surface area contributed by atoms with E-state index in [9.17, 15) is 13.6 Å². The molecule has 0 unspecified atom stereocenters. The lowest BCUT2D eigenvalue weighted by Gasteiger charge is -2.32. The van der Waals surface area contributed by atoms with Crippen molar-refractivity contribution in [1.29, 1.82) is 0 Å². The van der Waals surface area contributed by atoms with Gasteiger partial charge in [-0.3, -0.25) is 9.47 Å². The molecule has 2 aromatic rings. The van der Waals surface area contributed by atoms with Gasteiger partial charge in [0.1, 0.15) is 17.5 Å². The average molecular weight is 322 g/mol. The summed E-state index contributed by atoms with van der Waals surface area (Å²) in [6.45, 7) is 3.83. The number of aryl methyl sites for hydroxylation is 2. The number of hydrogen-bond acceptors (Lipinski definition) is 3. The van der Waals surface area contributed by atoms with Crippen LogP contribution in [0.15, 0.2) is 23.0 Å². The molecule has 0 saturated carbocycles. The molecule has 1 saturated heterocycles. The summed E-state index contributed by atoms with van der Waals surface area (Å²) >= 11 is 0. The summed E-state index contributed by atoms with van der Waals surface area (Å²) in [4.78, 5) is 14.2. The van der Waals surface area contributed by atoms with Gasteiger partial charge in [-0.05, 0) is 25.8 Å². The molecule has 1 aromatic carbocycles. The van der Waals surface area contributed by atoms with Crippen LogP contribution in [0.4, 0.5) is 8.78 Å². The minimum absolute atomic E-state index is 0.0921. The van der Waals surface area contributed by atoms with Gasteiger partial charge < -0.3 is 0 Å². The van der Waals surface area contributed by atoms with Gasteiger partial charge in [0.05, 0.1) is 0 Å². The van der Waals surface area contributed by atoms with Crippen LogP contribution < -0.4 is 5.69 Å². The lowest BCUT2D eigenvalue weighted by Crippen LogP contribution is -2.37. The highest BCUT2D eigenvalue weighted by atomic mass is 19.1. The fourth-order valence-corrected chi connectivity index (χ4v) is 3.25. The number of aromatic nitrogens is 3. The minimum Gasteiger partial charge on any atom is -0.299 e. The van der Waals surface area contributed by atoms with E-state index in [2.05, 4.69) is 10.00 Å². The van der Waals surface area contributed by atoms with Crippen LogP contribution in [0, 0.1) is 18.6 Å². The number of benzene rings is 1. The smallest absolute Gasteiger partial charge is 0.299 e. The second-order valence-corrected chi connectivity index (χ2v) is 6.07. The molecular weight excluding hydrogens is 302 g/mol. The van der Waals surface area contributed by atoms with Gasteiger partial charge >= 0.3 is 5.69 Å². The largest absolute Gasteiger partial charge is 0.345 e. The summed E-state index contributed by atoms with van der Waals surface area (Å²) in [5.41, 5.74) is 0.408. The predicted octanol–water partition coefficient (Wildman–Crippen LogP) is 2.01. The molecule has 0 radical (unpaired) electrons. The second-order valence-electron chi connectivity index (χ2n) is 6.07. The number of nitrogens with zero attached hydrogens (tertiary/aromatic N) is 4. The lowest BCUT2D eigenvalue weighted by molar-refractivity contribution is 0.175. The Labute approximate surface area is 133 Å². The Morgan fingerprint density at radius 2 is 1.96 bits per heavy atom. The van der Waals surface area contributed by atoms with E-state index in [4.69, 9.17) is 0 Å². The standard InChI is InChI=1S/C16H20F2N4O/c1-11-19-20(2)16(23)22(11)14-5-7-21(8-6-14)10-12-3-4-13(17)9-15(12)18/h3-4,9,14H,5-8,10H2,1-2H3. The van der Waals surface area contributed by atoms with Gasteiger partial charge in [0.15, 0.2) is 0 Å². The van der Waals surface area contributed by atoms with Gasteiger partial charge in [-0.25, -0.2) is 18.3 Å². The summed E-state index contributed by atoms with van der Waals surface area (Å²) in [5, 5.41) is 4.16. The molecule has 3 rings (SSSR count). The maximum absolute atomic E-state index is 13.7. The van der Waals surface area contributed by atoms with Crippen LogP contribution in [-0.4, -0.2) is 32.3 Å². The summed E-state index contributed by atoms with van der Waals surface area (Å²) in [6.07, 6.45) is 1.63. The predicted molar refractivity (Wildman–Crippen MR) is 82.1 cm³/mol. The molecule has 23 heavy (non-hydrogen) atoms. The van der Waals surface area contributed by atoms with Gasteiger partial charge in [-0.1, -0.05) is 6.07 Å². The monoisotopic (exact) mass is 322 g/mol. The zero-order chi connectivity index (χ0) is 16.6. The molecule has 1 aromatic heterocycles. The number of hydrogen-bond donors (Lipinski definition) is 0. The van der Waals surface area contributed by atoms with Crippen molar-refractivity contribution in [3.05, 3.63) is 51.7 Å². The molecule has 1 fully saturated rings. The topological polar surface area (TPSA) is 43.1 Å². The van der Waals surface area contributed by atoms with Crippen molar-refractivity contribution < 1.29 is 8.78 Å². The zero-order valence-corrected chi connectivity index (χ0v) is 13.3. The third kappa shape index (κ3) is 3.19. The van der Waals surface area contributed by atoms with E-state index in [-0.39, 0.29) is 11.7 Å². The van der Waals surface area contributed by atoms with Crippen molar-refractivity contribution in [1.82, 2.24) is 19.2 Å². The molecule has 1 aliphatic heterocycles. The minimum atomic E-state index is -0.559. The first-order chi connectivity index (χ1) is 11.0. The second kappa shape index (κ2) is 6.23. The van der Waals surface area contributed by atoms with Crippen LogP contribution in [-0.2, 0) is 13.6 Å². The molecule has 5 nitrogen and oxygen atoms in total. The van der Waals surface area contributed by atoms with Crippen LogP contribution in [0.3, 0.4) is 0 Å². The van der Waals surface area contributed by atoms with Crippen LogP contribution >= 0.6 is 0 Å². The van der Waals surface area contributed by atoms with Gasteiger partial charge in [0, 0.05) is 44.4 Å². The number of piperidine rings is 1. The molecule has 0 aliphatic carbocycles. The number of rotatable bonds is 3. The van der Waals surface area contributed by atoms with Crippen molar-refractivity contribution in [3.8, 4) is 0 Å². The molecule has 7 heteroatoms. The summed E-state index contributed by atoms with van der Waals surface area (Å²) in [5.74, 6) is -0.344. The Balaban J connectivity index is 1.65. The Morgan fingerprint density at radius 3 is 2.52 bits per heavy atom. The van der Waals surface area contributed by atoms with Gasteiger partial charge in [0.2, 0.25) is 0 Å². The maximum Gasteiger partial charge on any atom is 0.345 e. The third-order valence-corrected chi connectivity index (χ3v) is 4.46. The molecule has 0 bridgehead atoms. The molecule has 124 valence electrons. The van der Waals surface area contributed by atoms with Crippen LogP contribution in [0.1, 0.15) is 30.3 Å². The Kier molecular flexibility index (Phi) is 4.30. The molecule has 0 amide bonds. The van der Waals surface area contributed by atoms with E-state index < -0.39 is 11.6 Å². The molecule has 0 atom stereocenters. The highest BCUT2D eigenvalue weighted by Crippen LogP contribution is 2.23. The maximum atomic E-state index is 13.7. The van der Waals surface area contributed by atoms with Crippen molar-refractivity contribution in [2.24, 2.45) is 7.05 Å². The van der Waals surface area contributed by atoms with Gasteiger partial charge in [-0.15, -0.1) is 0 Å². The summed E-state index contributed by atoms with van der Waals surface area (Å²) in [6, 6.07) is 3.82. The van der Waals surface area contributed by atoms with E-state index >= 15 is 0 Å². The Morgan fingerprint density at radius 1 is 1.26 bits per heavy atom. The van der Waals surface area contributed by atoms with Crippen LogP contribution in [0.25, 0.3) is 0 Å². The molecule has 1 aliphatic rings. The quantitative estimate of drug-likeness (QED) is 0.868. The van der Waals surface area contributed by atoms with E-state index in [1.165, 1.54) is 16.8 Å². The average Bonchev–Trinajstić information content (AvgIpc) is 2.76. The zero-order valence-electron chi connectivity index (χ0n) is 13.3. The first-order valence-electron chi connectivity index (χ1n) is 7.74. The Bertz CT molecular complexity index is 760. The normalized spacial score (nSPS) is 16.9. The molecule has 2 heterocycles. The first kappa shape index (κ1) is 15.9. The highest BCUT2D eigenvalue weighted by molar-refractivity contribution is 5.18. The van der Waals surface area contributed by atoms with E-state index in [0.29, 0.717) is 12.1 Å².